The van der Waals surface area contributed by atoms with Gasteiger partial charge in [0.15, 0.2) is 6.61 Å². The number of nitrogens with zero attached hydrogens (tertiary/aromatic N) is 1. The summed E-state index contributed by atoms with van der Waals surface area (Å²) < 4.78 is 5.64. The molecule has 0 atom stereocenters. The van der Waals surface area contributed by atoms with Crippen molar-refractivity contribution in [1.29, 1.82) is 0 Å². The Morgan fingerprint density at radius 2 is 2.00 bits per heavy atom. The number of hydrogen-bond acceptors (Lipinski definition) is 2. The molecule has 3 heteroatoms. The Morgan fingerprint density at radius 3 is 2.63 bits per heavy atom. The molecular weight excluding hydrogens is 238 g/mol. The normalized spacial score (nSPS) is 16.5. The molecule has 0 bridgehead atoms. The fraction of sp³-hybridized carbons (Fsp3) is 0.562. The third kappa shape index (κ3) is 3.72. The fourth-order valence-electron chi connectivity index (χ4n) is 2.45. The van der Waals surface area contributed by atoms with Crippen molar-refractivity contribution in [1.82, 2.24) is 4.90 Å². The molecule has 0 aromatic heterocycles. The lowest BCUT2D eigenvalue weighted by Gasteiger charge is -2.30. The SMILES string of the molecule is Cc1ccc(OCC(=O)N2CCC(C)CC2)c(C)c1. The van der Waals surface area contributed by atoms with Crippen LogP contribution in [0.2, 0.25) is 0 Å². The first-order valence-corrected chi connectivity index (χ1v) is 7.04. The van der Waals surface area contributed by atoms with Gasteiger partial charge in [-0.25, -0.2) is 0 Å². The molecule has 104 valence electrons. The maximum absolute atomic E-state index is 12.1. The molecule has 0 unspecified atom stereocenters. The van der Waals surface area contributed by atoms with Crippen LogP contribution < -0.4 is 4.74 Å². The number of amides is 1. The molecule has 0 radical (unpaired) electrons. The van der Waals surface area contributed by atoms with Gasteiger partial charge in [0.05, 0.1) is 0 Å². The summed E-state index contributed by atoms with van der Waals surface area (Å²) in [7, 11) is 0. The van der Waals surface area contributed by atoms with Crippen molar-refractivity contribution in [2.24, 2.45) is 5.92 Å². The highest BCUT2D eigenvalue weighted by Crippen LogP contribution is 2.19. The molecule has 19 heavy (non-hydrogen) atoms. The van der Waals surface area contributed by atoms with Gasteiger partial charge in [-0.2, -0.15) is 0 Å². The van der Waals surface area contributed by atoms with Gasteiger partial charge in [-0.15, -0.1) is 0 Å². The molecule has 1 amide bonds. The lowest BCUT2D eigenvalue weighted by molar-refractivity contribution is -0.134. The van der Waals surface area contributed by atoms with E-state index >= 15 is 0 Å². The molecule has 1 aromatic carbocycles. The Bertz CT molecular complexity index is 448. The average molecular weight is 261 g/mol. The van der Waals surface area contributed by atoms with Crippen molar-refractivity contribution < 1.29 is 9.53 Å². The van der Waals surface area contributed by atoms with E-state index in [-0.39, 0.29) is 12.5 Å². The second-order valence-electron chi connectivity index (χ2n) is 5.62. The minimum Gasteiger partial charge on any atom is -0.484 e. The van der Waals surface area contributed by atoms with Crippen molar-refractivity contribution in [3.63, 3.8) is 0 Å². The minimum absolute atomic E-state index is 0.104. The zero-order chi connectivity index (χ0) is 13.8. The highest BCUT2D eigenvalue weighted by atomic mass is 16.5. The Morgan fingerprint density at radius 1 is 1.32 bits per heavy atom. The molecule has 1 aliphatic rings. The molecule has 1 fully saturated rings. The van der Waals surface area contributed by atoms with Gasteiger partial charge in [0, 0.05) is 13.1 Å². The van der Waals surface area contributed by atoms with E-state index in [0.29, 0.717) is 0 Å². The van der Waals surface area contributed by atoms with E-state index in [0.717, 1.165) is 43.2 Å². The van der Waals surface area contributed by atoms with Crippen LogP contribution in [0.15, 0.2) is 18.2 Å². The monoisotopic (exact) mass is 261 g/mol. The van der Waals surface area contributed by atoms with Crippen molar-refractivity contribution in [2.75, 3.05) is 19.7 Å². The topological polar surface area (TPSA) is 29.5 Å². The van der Waals surface area contributed by atoms with Crippen LogP contribution in [0, 0.1) is 19.8 Å². The molecule has 3 nitrogen and oxygen atoms in total. The summed E-state index contributed by atoms with van der Waals surface area (Å²) in [5.74, 6) is 1.65. The number of likely N-dealkylation sites (tertiary alicyclic amines) is 1. The van der Waals surface area contributed by atoms with Crippen molar-refractivity contribution in [3.8, 4) is 5.75 Å². The zero-order valence-corrected chi connectivity index (χ0v) is 12.1. The van der Waals surface area contributed by atoms with Gasteiger partial charge in [0.2, 0.25) is 0 Å². The summed E-state index contributed by atoms with van der Waals surface area (Å²) in [6.45, 7) is 8.20. The van der Waals surface area contributed by atoms with E-state index in [1.54, 1.807) is 0 Å². The maximum Gasteiger partial charge on any atom is 0.260 e. The number of carbonyl (C=O) groups is 1. The summed E-state index contributed by atoms with van der Waals surface area (Å²) in [6, 6.07) is 6.02. The Balaban J connectivity index is 1.86. The van der Waals surface area contributed by atoms with Crippen molar-refractivity contribution in [3.05, 3.63) is 29.3 Å². The summed E-state index contributed by atoms with van der Waals surface area (Å²) in [5, 5.41) is 0. The standard InChI is InChI=1S/C16H23NO2/c1-12-6-8-17(9-7-12)16(18)11-19-15-5-4-13(2)10-14(15)3/h4-5,10,12H,6-9,11H2,1-3H3. The third-order valence-electron chi connectivity index (χ3n) is 3.82. The molecule has 0 spiro atoms. The largest absolute Gasteiger partial charge is 0.484 e. The van der Waals surface area contributed by atoms with Crippen molar-refractivity contribution >= 4 is 5.91 Å². The van der Waals surface area contributed by atoms with Gasteiger partial charge in [-0.05, 0) is 44.2 Å². The lowest BCUT2D eigenvalue weighted by Crippen LogP contribution is -2.40. The van der Waals surface area contributed by atoms with Crippen LogP contribution in [-0.2, 0) is 4.79 Å². The molecule has 1 aliphatic heterocycles. The first kappa shape index (κ1) is 13.9. The lowest BCUT2D eigenvalue weighted by atomic mass is 9.99. The van der Waals surface area contributed by atoms with Gasteiger partial charge in [-0.1, -0.05) is 24.6 Å². The van der Waals surface area contributed by atoms with E-state index in [4.69, 9.17) is 4.74 Å². The van der Waals surface area contributed by atoms with Gasteiger partial charge in [0.1, 0.15) is 5.75 Å². The van der Waals surface area contributed by atoms with E-state index < -0.39 is 0 Å². The predicted molar refractivity (Wildman–Crippen MR) is 76.4 cm³/mol. The minimum atomic E-state index is 0.104. The number of carbonyl (C=O) groups excluding carboxylic acids is 1. The molecular formula is C16H23NO2. The quantitative estimate of drug-likeness (QED) is 0.837. The summed E-state index contributed by atoms with van der Waals surface area (Å²) in [4.78, 5) is 14.0. The Kier molecular flexibility index (Phi) is 4.46. The molecule has 1 aromatic rings. The smallest absolute Gasteiger partial charge is 0.260 e. The first-order chi connectivity index (χ1) is 9.06. The maximum atomic E-state index is 12.1. The fourth-order valence-corrected chi connectivity index (χ4v) is 2.45. The molecule has 0 saturated carbocycles. The first-order valence-electron chi connectivity index (χ1n) is 7.04. The van der Waals surface area contributed by atoms with Crippen LogP contribution in [0.4, 0.5) is 0 Å². The third-order valence-corrected chi connectivity index (χ3v) is 3.82. The van der Waals surface area contributed by atoms with Gasteiger partial charge < -0.3 is 9.64 Å². The highest BCUT2D eigenvalue weighted by molar-refractivity contribution is 5.77. The number of ether oxygens (including phenoxy) is 1. The molecule has 0 N–H and O–H groups in total. The molecule has 1 saturated heterocycles. The summed E-state index contributed by atoms with van der Waals surface area (Å²) in [6.07, 6.45) is 2.21. The summed E-state index contributed by atoms with van der Waals surface area (Å²) >= 11 is 0. The number of rotatable bonds is 3. The number of benzene rings is 1. The van der Waals surface area contributed by atoms with Crippen LogP contribution in [0.3, 0.4) is 0 Å². The van der Waals surface area contributed by atoms with Gasteiger partial charge in [-0.3, -0.25) is 4.79 Å². The molecule has 1 heterocycles. The van der Waals surface area contributed by atoms with Crippen molar-refractivity contribution in [2.45, 2.75) is 33.6 Å². The summed E-state index contributed by atoms with van der Waals surface area (Å²) in [5.41, 5.74) is 2.29. The predicted octanol–water partition coefficient (Wildman–Crippen LogP) is 2.94. The second kappa shape index (κ2) is 6.09. The average Bonchev–Trinajstić information content (AvgIpc) is 2.38. The van der Waals surface area contributed by atoms with Crippen LogP contribution >= 0.6 is 0 Å². The van der Waals surface area contributed by atoms with Gasteiger partial charge >= 0.3 is 0 Å². The number of aryl methyl sites for hydroxylation is 2. The van der Waals surface area contributed by atoms with E-state index in [9.17, 15) is 4.79 Å². The van der Waals surface area contributed by atoms with Crippen LogP contribution in [-0.4, -0.2) is 30.5 Å². The molecule has 2 rings (SSSR count). The Labute approximate surface area is 115 Å². The van der Waals surface area contributed by atoms with E-state index in [1.165, 1.54) is 5.56 Å². The zero-order valence-electron chi connectivity index (χ0n) is 12.1. The number of hydrogen-bond donors (Lipinski definition) is 0. The van der Waals surface area contributed by atoms with Gasteiger partial charge in [0.25, 0.3) is 5.91 Å². The second-order valence-corrected chi connectivity index (χ2v) is 5.62. The number of piperidine rings is 1. The van der Waals surface area contributed by atoms with E-state index in [1.807, 2.05) is 24.0 Å². The van der Waals surface area contributed by atoms with Crippen LogP contribution in [0.25, 0.3) is 0 Å². The van der Waals surface area contributed by atoms with E-state index in [2.05, 4.69) is 19.9 Å². The molecule has 0 aliphatic carbocycles. The van der Waals surface area contributed by atoms with Crippen LogP contribution in [0.5, 0.6) is 5.75 Å². The highest BCUT2D eigenvalue weighted by Gasteiger charge is 2.20. The van der Waals surface area contributed by atoms with Crippen LogP contribution in [0.1, 0.15) is 30.9 Å². The Hall–Kier alpha value is -1.51.